The summed E-state index contributed by atoms with van der Waals surface area (Å²) in [6.07, 6.45) is 1.21. The van der Waals surface area contributed by atoms with Gasteiger partial charge < -0.3 is 0 Å². The van der Waals surface area contributed by atoms with Gasteiger partial charge in [0.1, 0.15) is 11.4 Å². The number of nitrogens with zero attached hydrogens (tertiary/aromatic N) is 1. The first kappa shape index (κ1) is 15.5. The Morgan fingerprint density at radius 3 is 2.48 bits per heavy atom. The topological polar surface area (TPSA) is 49.4 Å². The van der Waals surface area contributed by atoms with E-state index >= 15 is 0 Å². The van der Waals surface area contributed by atoms with Gasteiger partial charge in [0.15, 0.2) is 0 Å². The van der Waals surface area contributed by atoms with Gasteiger partial charge in [0.25, 0.3) is 11.8 Å². The quantitative estimate of drug-likeness (QED) is 0.664. The van der Waals surface area contributed by atoms with Crippen LogP contribution in [0, 0.1) is 5.82 Å². The SMILES string of the molecule is O=C1NN(c2ccc(Cl)c(Cl)c2)C(=O)/C1=C/c1ccccc1F. The third-order valence-corrected chi connectivity index (χ3v) is 4.00. The molecule has 0 aromatic heterocycles. The Hall–Kier alpha value is -2.37. The molecule has 0 radical (unpaired) electrons. The van der Waals surface area contributed by atoms with E-state index in [1.165, 1.54) is 36.4 Å². The predicted molar refractivity (Wildman–Crippen MR) is 86.5 cm³/mol. The van der Waals surface area contributed by atoms with Crippen LogP contribution in [0.15, 0.2) is 48.0 Å². The second kappa shape index (κ2) is 6.02. The van der Waals surface area contributed by atoms with Crippen LogP contribution < -0.4 is 10.4 Å². The summed E-state index contributed by atoms with van der Waals surface area (Å²) < 4.78 is 13.7. The number of benzene rings is 2. The lowest BCUT2D eigenvalue weighted by Crippen LogP contribution is -2.35. The van der Waals surface area contributed by atoms with Crippen molar-refractivity contribution in [3.8, 4) is 0 Å². The molecule has 1 heterocycles. The summed E-state index contributed by atoms with van der Waals surface area (Å²) in [5, 5.41) is 1.62. The molecule has 0 atom stereocenters. The highest BCUT2D eigenvalue weighted by Gasteiger charge is 2.34. The van der Waals surface area contributed by atoms with Crippen LogP contribution in [0.3, 0.4) is 0 Å². The molecule has 1 aliphatic heterocycles. The van der Waals surface area contributed by atoms with Gasteiger partial charge in [0, 0.05) is 5.56 Å². The van der Waals surface area contributed by atoms with Gasteiger partial charge in [0.05, 0.1) is 15.7 Å². The molecule has 0 bridgehead atoms. The van der Waals surface area contributed by atoms with Gasteiger partial charge in [-0.2, -0.15) is 0 Å². The summed E-state index contributed by atoms with van der Waals surface area (Å²) in [5.41, 5.74) is 2.75. The highest BCUT2D eigenvalue weighted by atomic mass is 35.5. The van der Waals surface area contributed by atoms with E-state index in [9.17, 15) is 14.0 Å². The maximum Gasteiger partial charge on any atom is 0.282 e. The maximum absolute atomic E-state index is 13.7. The maximum atomic E-state index is 13.7. The molecule has 1 fully saturated rings. The molecule has 2 aromatic rings. The van der Waals surface area contributed by atoms with Gasteiger partial charge in [-0.05, 0) is 30.3 Å². The summed E-state index contributed by atoms with van der Waals surface area (Å²) in [5.74, 6) is -1.74. The van der Waals surface area contributed by atoms with Crippen LogP contribution in [0.25, 0.3) is 6.08 Å². The van der Waals surface area contributed by atoms with E-state index in [-0.39, 0.29) is 16.2 Å². The second-order valence-electron chi connectivity index (χ2n) is 4.76. The molecule has 0 spiro atoms. The third kappa shape index (κ3) is 2.93. The first-order valence-corrected chi connectivity index (χ1v) is 7.29. The number of hydrazine groups is 1. The number of hydrogen-bond acceptors (Lipinski definition) is 2. The van der Waals surface area contributed by atoms with Crippen molar-refractivity contribution in [1.29, 1.82) is 0 Å². The summed E-state index contributed by atoms with van der Waals surface area (Å²) in [6.45, 7) is 0. The number of carbonyl (C=O) groups is 2. The van der Waals surface area contributed by atoms with E-state index in [2.05, 4.69) is 5.43 Å². The number of carbonyl (C=O) groups excluding carboxylic acids is 2. The smallest absolute Gasteiger partial charge is 0.267 e. The van der Waals surface area contributed by atoms with Crippen molar-refractivity contribution >= 4 is 46.8 Å². The van der Waals surface area contributed by atoms with E-state index in [0.717, 1.165) is 5.01 Å². The van der Waals surface area contributed by atoms with Crippen LogP contribution in [0.2, 0.25) is 10.0 Å². The zero-order chi connectivity index (χ0) is 16.6. The van der Waals surface area contributed by atoms with Crippen molar-refractivity contribution in [3.05, 3.63) is 69.5 Å². The Kier molecular flexibility index (Phi) is 4.07. The molecule has 0 saturated carbocycles. The minimum atomic E-state index is -0.621. The summed E-state index contributed by atoms with van der Waals surface area (Å²) in [6, 6.07) is 10.4. The summed E-state index contributed by atoms with van der Waals surface area (Å²) in [4.78, 5) is 24.4. The fourth-order valence-corrected chi connectivity index (χ4v) is 2.40. The first-order chi connectivity index (χ1) is 11.0. The molecule has 3 rings (SSSR count). The van der Waals surface area contributed by atoms with Crippen molar-refractivity contribution in [3.63, 3.8) is 0 Å². The zero-order valence-electron chi connectivity index (χ0n) is 11.5. The molecular formula is C16H9Cl2FN2O2. The van der Waals surface area contributed by atoms with Crippen LogP contribution in [0.1, 0.15) is 5.56 Å². The Morgan fingerprint density at radius 1 is 1.04 bits per heavy atom. The summed E-state index contributed by atoms with van der Waals surface area (Å²) >= 11 is 11.7. The predicted octanol–water partition coefficient (Wildman–Crippen LogP) is 3.59. The van der Waals surface area contributed by atoms with Crippen molar-refractivity contribution in [2.24, 2.45) is 0 Å². The summed E-state index contributed by atoms with van der Waals surface area (Å²) in [7, 11) is 0. The number of rotatable bonds is 2. The van der Waals surface area contributed by atoms with Gasteiger partial charge >= 0.3 is 0 Å². The largest absolute Gasteiger partial charge is 0.282 e. The van der Waals surface area contributed by atoms with Gasteiger partial charge in [0.2, 0.25) is 0 Å². The first-order valence-electron chi connectivity index (χ1n) is 6.54. The van der Waals surface area contributed by atoms with Crippen LogP contribution in [0.5, 0.6) is 0 Å². The molecule has 7 heteroatoms. The lowest BCUT2D eigenvalue weighted by atomic mass is 10.1. The number of hydrogen-bond donors (Lipinski definition) is 1. The lowest BCUT2D eigenvalue weighted by molar-refractivity contribution is -0.117. The average molecular weight is 351 g/mol. The fourth-order valence-electron chi connectivity index (χ4n) is 2.11. The van der Waals surface area contributed by atoms with Crippen LogP contribution in [0.4, 0.5) is 10.1 Å². The van der Waals surface area contributed by atoms with Gasteiger partial charge in [-0.25, -0.2) is 9.40 Å². The monoisotopic (exact) mass is 350 g/mol. The number of amides is 2. The lowest BCUT2D eigenvalue weighted by Gasteiger charge is -2.15. The minimum Gasteiger partial charge on any atom is -0.267 e. The molecule has 0 unspecified atom stereocenters. The van der Waals surface area contributed by atoms with E-state index < -0.39 is 17.6 Å². The molecular weight excluding hydrogens is 342 g/mol. The normalized spacial score (nSPS) is 16.1. The van der Waals surface area contributed by atoms with Gasteiger partial charge in [-0.3, -0.25) is 15.0 Å². The molecule has 23 heavy (non-hydrogen) atoms. The number of halogens is 3. The Bertz CT molecular complexity index is 852. The fraction of sp³-hybridized carbons (Fsp3) is 0. The highest BCUT2D eigenvalue weighted by Crippen LogP contribution is 2.29. The van der Waals surface area contributed by atoms with Gasteiger partial charge in [-0.1, -0.05) is 41.4 Å². The van der Waals surface area contributed by atoms with Crippen LogP contribution in [-0.4, -0.2) is 11.8 Å². The second-order valence-corrected chi connectivity index (χ2v) is 5.57. The van der Waals surface area contributed by atoms with E-state index in [1.54, 1.807) is 12.1 Å². The third-order valence-electron chi connectivity index (χ3n) is 3.26. The van der Waals surface area contributed by atoms with Gasteiger partial charge in [-0.15, -0.1) is 0 Å². The number of anilines is 1. The number of nitrogens with one attached hydrogen (secondary N) is 1. The molecule has 1 saturated heterocycles. The zero-order valence-corrected chi connectivity index (χ0v) is 13.0. The Morgan fingerprint density at radius 2 is 1.78 bits per heavy atom. The molecule has 4 nitrogen and oxygen atoms in total. The molecule has 2 amide bonds. The Labute approximate surface area is 141 Å². The van der Waals surface area contributed by atoms with E-state index in [4.69, 9.17) is 23.2 Å². The van der Waals surface area contributed by atoms with Crippen molar-refractivity contribution < 1.29 is 14.0 Å². The standard InChI is InChI=1S/C16H9Cl2FN2O2/c17-12-6-5-10(8-13(12)18)21-16(23)11(15(22)20-21)7-9-3-1-2-4-14(9)19/h1-8H,(H,20,22)/b11-7+. The molecule has 2 aromatic carbocycles. The van der Waals surface area contributed by atoms with Crippen LogP contribution >= 0.6 is 23.2 Å². The van der Waals surface area contributed by atoms with Crippen molar-refractivity contribution in [2.45, 2.75) is 0 Å². The Balaban J connectivity index is 1.97. The molecule has 116 valence electrons. The molecule has 1 aliphatic rings. The average Bonchev–Trinajstić information content (AvgIpc) is 2.80. The van der Waals surface area contributed by atoms with Crippen molar-refractivity contribution in [2.75, 3.05) is 5.01 Å². The highest BCUT2D eigenvalue weighted by molar-refractivity contribution is 6.42. The molecule has 1 N–H and O–H groups in total. The van der Waals surface area contributed by atoms with E-state index in [0.29, 0.717) is 10.7 Å². The molecule has 0 aliphatic carbocycles. The van der Waals surface area contributed by atoms with E-state index in [1.807, 2.05) is 0 Å². The minimum absolute atomic E-state index is 0.155. The van der Waals surface area contributed by atoms with Crippen molar-refractivity contribution in [1.82, 2.24) is 5.43 Å². The van der Waals surface area contributed by atoms with Crippen LogP contribution in [-0.2, 0) is 9.59 Å².